The lowest BCUT2D eigenvalue weighted by molar-refractivity contribution is -0.274. The average Bonchev–Trinajstić information content (AvgIpc) is 2.40. The van der Waals surface area contributed by atoms with Crippen LogP contribution in [0, 0.1) is 6.92 Å². The van der Waals surface area contributed by atoms with Crippen molar-refractivity contribution < 1.29 is 17.9 Å². The van der Waals surface area contributed by atoms with Crippen LogP contribution in [0.25, 0.3) is 0 Å². The monoisotopic (exact) mass is 296 g/mol. The molecule has 1 atom stereocenters. The third-order valence-electron chi connectivity index (χ3n) is 2.91. The summed E-state index contributed by atoms with van der Waals surface area (Å²) in [5.41, 5.74) is 2.62. The van der Waals surface area contributed by atoms with Crippen molar-refractivity contribution >= 4 is 5.69 Å². The van der Waals surface area contributed by atoms with Gasteiger partial charge in [0.15, 0.2) is 0 Å². The molecule has 1 aromatic heterocycles. The van der Waals surface area contributed by atoms with Crippen LogP contribution in [-0.4, -0.2) is 11.3 Å². The molecule has 112 valence electrons. The molecule has 0 aliphatic carbocycles. The number of nitrogens with one attached hydrogen (secondary N) is 1. The van der Waals surface area contributed by atoms with E-state index in [4.69, 9.17) is 0 Å². The molecule has 21 heavy (non-hydrogen) atoms. The predicted molar refractivity (Wildman–Crippen MR) is 74.1 cm³/mol. The molecule has 1 unspecified atom stereocenters. The summed E-state index contributed by atoms with van der Waals surface area (Å²) in [6.45, 7) is 3.81. The van der Waals surface area contributed by atoms with Crippen LogP contribution in [-0.2, 0) is 0 Å². The first kappa shape index (κ1) is 15.2. The molecular weight excluding hydrogens is 281 g/mol. The summed E-state index contributed by atoms with van der Waals surface area (Å²) in [6.07, 6.45) is -2.95. The molecule has 0 aliphatic heterocycles. The minimum absolute atomic E-state index is 0.0607. The number of halogens is 3. The van der Waals surface area contributed by atoms with Gasteiger partial charge in [-0.1, -0.05) is 12.1 Å². The lowest BCUT2D eigenvalue weighted by Crippen LogP contribution is -2.17. The SMILES string of the molecule is Cc1ccc(NC(C)c2ccc(OC(F)(F)F)cc2)cn1. The van der Waals surface area contributed by atoms with E-state index in [0.717, 1.165) is 16.9 Å². The van der Waals surface area contributed by atoms with E-state index in [1.807, 2.05) is 26.0 Å². The highest BCUT2D eigenvalue weighted by molar-refractivity contribution is 5.44. The van der Waals surface area contributed by atoms with Gasteiger partial charge in [0, 0.05) is 11.7 Å². The Morgan fingerprint density at radius 2 is 1.76 bits per heavy atom. The van der Waals surface area contributed by atoms with Crippen LogP contribution in [0.4, 0.5) is 18.9 Å². The zero-order valence-corrected chi connectivity index (χ0v) is 11.6. The highest BCUT2D eigenvalue weighted by Gasteiger charge is 2.30. The summed E-state index contributed by atoms with van der Waals surface area (Å²) < 4.78 is 40.1. The van der Waals surface area contributed by atoms with Crippen LogP contribution in [0.1, 0.15) is 24.2 Å². The molecule has 6 heteroatoms. The highest BCUT2D eigenvalue weighted by atomic mass is 19.4. The zero-order chi connectivity index (χ0) is 15.5. The smallest absolute Gasteiger partial charge is 0.406 e. The van der Waals surface area contributed by atoms with E-state index in [0.29, 0.717) is 0 Å². The Morgan fingerprint density at radius 1 is 1.10 bits per heavy atom. The maximum absolute atomic E-state index is 12.1. The van der Waals surface area contributed by atoms with Crippen molar-refractivity contribution in [1.29, 1.82) is 0 Å². The molecule has 0 fully saturated rings. The van der Waals surface area contributed by atoms with E-state index in [9.17, 15) is 13.2 Å². The van der Waals surface area contributed by atoms with E-state index in [1.54, 1.807) is 18.3 Å². The Balaban J connectivity index is 2.02. The summed E-state index contributed by atoms with van der Waals surface area (Å²) in [5, 5.41) is 3.23. The normalized spacial score (nSPS) is 12.8. The largest absolute Gasteiger partial charge is 0.573 e. The number of ether oxygens (including phenoxy) is 1. The Hall–Kier alpha value is -2.24. The molecule has 0 bridgehead atoms. The van der Waals surface area contributed by atoms with Gasteiger partial charge in [-0.3, -0.25) is 4.98 Å². The predicted octanol–water partition coefficient (Wildman–Crippen LogP) is 4.46. The number of alkyl halides is 3. The van der Waals surface area contributed by atoms with Crippen molar-refractivity contribution in [3.8, 4) is 5.75 Å². The van der Waals surface area contributed by atoms with E-state index in [1.165, 1.54) is 12.1 Å². The second kappa shape index (κ2) is 6.03. The van der Waals surface area contributed by atoms with Crippen LogP contribution in [0.5, 0.6) is 5.75 Å². The maximum Gasteiger partial charge on any atom is 0.573 e. The van der Waals surface area contributed by atoms with Crippen molar-refractivity contribution in [1.82, 2.24) is 4.98 Å². The summed E-state index contributed by atoms with van der Waals surface area (Å²) in [6, 6.07) is 9.52. The van der Waals surface area contributed by atoms with Gasteiger partial charge in [0.2, 0.25) is 0 Å². The molecule has 1 aromatic carbocycles. The Morgan fingerprint density at radius 3 is 2.29 bits per heavy atom. The number of nitrogens with zero attached hydrogens (tertiary/aromatic N) is 1. The van der Waals surface area contributed by atoms with Crippen LogP contribution in [0.2, 0.25) is 0 Å². The number of hydrogen-bond donors (Lipinski definition) is 1. The van der Waals surface area contributed by atoms with Crippen molar-refractivity contribution in [3.05, 3.63) is 53.9 Å². The molecule has 1 N–H and O–H groups in total. The highest BCUT2D eigenvalue weighted by Crippen LogP contribution is 2.25. The van der Waals surface area contributed by atoms with E-state index < -0.39 is 6.36 Å². The first-order valence-corrected chi connectivity index (χ1v) is 6.38. The number of pyridine rings is 1. The fraction of sp³-hybridized carbons (Fsp3) is 0.267. The van der Waals surface area contributed by atoms with Crippen LogP contribution in [0.15, 0.2) is 42.6 Å². The molecule has 2 rings (SSSR count). The Labute approximate surface area is 120 Å². The topological polar surface area (TPSA) is 34.1 Å². The number of anilines is 1. The fourth-order valence-corrected chi connectivity index (χ4v) is 1.84. The second-order valence-corrected chi connectivity index (χ2v) is 4.67. The van der Waals surface area contributed by atoms with Gasteiger partial charge < -0.3 is 10.1 Å². The van der Waals surface area contributed by atoms with Crippen molar-refractivity contribution in [2.75, 3.05) is 5.32 Å². The molecule has 3 nitrogen and oxygen atoms in total. The number of benzene rings is 1. The van der Waals surface area contributed by atoms with Gasteiger partial charge in [0.25, 0.3) is 0 Å². The minimum Gasteiger partial charge on any atom is -0.406 e. The first-order chi connectivity index (χ1) is 9.83. The number of rotatable bonds is 4. The van der Waals surface area contributed by atoms with Gasteiger partial charge in [-0.2, -0.15) is 0 Å². The minimum atomic E-state index is -4.67. The molecule has 2 aromatic rings. The van der Waals surface area contributed by atoms with E-state index in [2.05, 4.69) is 15.0 Å². The molecule has 0 saturated carbocycles. The second-order valence-electron chi connectivity index (χ2n) is 4.67. The lowest BCUT2D eigenvalue weighted by atomic mass is 10.1. The maximum atomic E-state index is 12.1. The number of hydrogen-bond acceptors (Lipinski definition) is 3. The molecule has 1 heterocycles. The van der Waals surface area contributed by atoms with E-state index >= 15 is 0 Å². The molecule has 0 saturated heterocycles. The van der Waals surface area contributed by atoms with Crippen LogP contribution < -0.4 is 10.1 Å². The lowest BCUT2D eigenvalue weighted by Gasteiger charge is -2.16. The fourth-order valence-electron chi connectivity index (χ4n) is 1.84. The van der Waals surface area contributed by atoms with Gasteiger partial charge in [-0.25, -0.2) is 0 Å². The summed E-state index contributed by atoms with van der Waals surface area (Å²) in [4.78, 5) is 4.17. The quantitative estimate of drug-likeness (QED) is 0.904. The van der Waals surface area contributed by atoms with Crippen molar-refractivity contribution in [3.63, 3.8) is 0 Å². The molecule has 0 aliphatic rings. The number of aryl methyl sites for hydroxylation is 1. The standard InChI is InChI=1S/C15H15F3N2O/c1-10-3-6-13(9-19-10)20-11(2)12-4-7-14(8-5-12)21-15(16,17)18/h3-9,11,20H,1-2H3. The van der Waals surface area contributed by atoms with Crippen LogP contribution >= 0.6 is 0 Å². The van der Waals surface area contributed by atoms with Gasteiger partial charge in [-0.05, 0) is 43.7 Å². The Bertz CT molecular complexity index is 579. The van der Waals surface area contributed by atoms with Crippen molar-refractivity contribution in [2.45, 2.75) is 26.3 Å². The molecule has 0 spiro atoms. The van der Waals surface area contributed by atoms with Crippen molar-refractivity contribution in [2.24, 2.45) is 0 Å². The number of aromatic nitrogens is 1. The molecular formula is C15H15F3N2O. The van der Waals surface area contributed by atoms with Gasteiger partial charge >= 0.3 is 6.36 Å². The first-order valence-electron chi connectivity index (χ1n) is 6.38. The van der Waals surface area contributed by atoms with Gasteiger partial charge in [0.05, 0.1) is 11.9 Å². The zero-order valence-electron chi connectivity index (χ0n) is 11.6. The summed E-state index contributed by atoms with van der Waals surface area (Å²) in [7, 11) is 0. The van der Waals surface area contributed by atoms with Gasteiger partial charge in [0.1, 0.15) is 5.75 Å². The third-order valence-corrected chi connectivity index (χ3v) is 2.91. The van der Waals surface area contributed by atoms with E-state index in [-0.39, 0.29) is 11.8 Å². The third kappa shape index (κ3) is 4.66. The molecule has 0 amide bonds. The summed E-state index contributed by atoms with van der Waals surface area (Å²) in [5.74, 6) is -0.226. The van der Waals surface area contributed by atoms with Gasteiger partial charge in [-0.15, -0.1) is 13.2 Å². The average molecular weight is 296 g/mol. The molecule has 0 radical (unpaired) electrons. The summed E-state index contributed by atoms with van der Waals surface area (Å²) >= 11 is 0. The Kier molecular flexibility index (Phi) is 4.35. The van der Waals surface area contributed by atoms with Crippen LogP contribution in [0.3, 0.4) is 0 Å².